The lowest BCUT2D eigenvalue weighted by molar-refractivity contribution is -0.147. The second-order valence-electron chi connectivity index (χ2n) is 13.0. The average Bonchev–Trinajstić information content (AvgIpc) is 3.59. The summed E-state index contributed by atoms with van der Waals surface area (Å²) in [7, 11) is 0. The number of amides is 3. The van der Waals surface area contributed by atoms with Crippen LogP contribution in [0.2, 0.25) is 0 Å². The lowest BCUT2D eigenvalue weighted by Gasteiger charge is -2.41. The van der Waals surface area contributed by atoms with E-state index in [1.54, 1.807) is 33.7 Å². The molecule has 3 aliphatic rings. The smallest absolute Gasteiger partial charge is 0.251 e. The molecule has 1 spiro atoms. The van der Waals surface area contributed by atoms with Crippen LogP contribution in [0.4, 0.5) is 5.69 Å². The normalized spacial score (nSPS) is 28.5. The highest BCUT2D eigenvalue weighted by molar-refractivity contribution is 8.02. The van der Waals surface area contributed by atoms with E-state index >= 15 is 4.79 Å². The van der Waals surface area contributed by atoms with E-state index in [-0.39, 0.29) is 36.8 Å². The summed E-state index contributed by atoms with van der Waals surface area (Å²) in [6.07, 6.45) is 6.40. The Morgan fingerprint density at radius 3 is 2.43 bits per heavy atom. The Morgan fingerprint density at radius 2 is 1.80 bits per heavy atom. The molecule has 7 nitrogen and oxygen atoms in total. The lowest BCUT2D eigenvalue weighted by Crippen LogP contribution is -2.58. The first-order valence-corrected chi connectivity index (χ1v) is 16.9. The third-order valence-electron chi connectivity index (χ3n) is 10.3. The van der Waals surface area contributed by atoms with Crippen LogP contribution in [0.3, 0.4) is 0 Å². The van der Waals surface area contributed by atoms with Crippen molar-refractivity contribution in [2.24, 2.45) is 17.8 Å². The van der Waals surface area contributed by atoms with Gasteiger partial charge in [0.1, 0.15) is 6.04 Å². The van der Waals surface area contributed by atoms with Crippen molar-refractivity contribution in [3.63, 3.8) is 0 Å². The fourth-order valence-corrected chi connectivity index (χ4v) is 10.4. The number of benzene rings is 2. The van der Waals surface area contributed by atoms with Crippen LogP contribution in [0.15, 0.2) is 67.8 Å². The summed E-state index contributed by atoms with van der Waals surface area (Å²) < 4.78 is -1.24. The number of nitrogens with zero attached hydrogens (tertiary/aromatic N) is 3. The number of hydrogen-bond donors (Lipinski definition) is 1. The van der Waals surface area contributed by atoms with E-state index in [0.717, 1.165) is 35.7 Å². The van der Waals surface area contributed by atoms with Gasteiger partial charge in [0, 0.05) is 30.1 Å². The van der Waals surface area contributed by atoms with Gasteiger partial charge in [-0.15, -0.1) is 24.9 Å². The highest BCUT2D eigenvalue weighted by atomic mass is 32.2. The van der Waals surface area contributed by atoms with Gasteiger partial charge in [-0.3, -0.25) is 14.4 Å². The summed E-state index contributed by atoms with van der Waals surface area (Å²) in [4.78, 5) is 49.5. The van der Waals surface area contributed by atoms with Crippen LogP contribution < -0.4 is 4.90 Å². The second-order valence-corrected chi connectivity index (χ2v) is 14.8. The Balaban J connectivity index is 1.64. The number of carbonyl (C=O) groups is 3. The molecule has 2 unspecified atom stereocenters. The predicted molar refractivity (Wildman–Crippen MR) is 179 cm³/mol. The van der Waals surface area contributed by atoms with E-state index in [1.807, 2.05) is 68.1 Å². The largest absolute Gasteiger partial charge is 0.394 e. The summed E-state index contributed by atoms with van der Waals surface area (Å²) in [5.74, 6) is -1.62. The maximum Gasteiger partial charge on any atom is 0.251 e. The van der Waals surface area contributed by atoms with Crippen molar-refractivity contribution in [3.05, 3.63) is 67.8 Å². The van der Waals surface area contributed by atoms with Crippen LogP contribution >= 0.6 is 11.8 Å². The molecule has 3 aliphatic heterocycles. The molecule has 0 aliphatic carbocycles. The van der Waals surface area contributed by atoms with Gasteiger partial charge in [0.05, 0.1) is 29.2 Å². The van der Waals surface area contributed by atoms with Gasteiger partial charge in [0.25, 0.3) is 5.91 Å². The summed E-state index contributed by atoms with van der Waals surface area (Å²) in [5.41, 5.74) is 0.737. The van der Waals surface area contributed by atoms with Crippen LogP contribution in [0.5, 0.6) is 0 Å². The van der Waals surface area contributed by atoms with Gasteiger partial charge < -0.3 is 19.8 Å². The first-order valence-electron chi connectivity index (χ1n) is 16.1. The molecule has 0 aromatic heterocycles. The highest BCUT2D eigenvalue weighted by Gasteiger charge is 2.78. The average molecular weight is 618 g/mol. The Bertz CT molecular complexity index is 1450. The standard InChI is InChI=1S/C36H47N3O4S/c1-7-19-37(20-8-2)32(41)29-30-33(42)39(28(23-40)24(5)10-4)31(36(30)18-17-35(29,6)44-36)34(43)38(21-9-3)27-16-15-25-13-11-12-14-26(25)22-27/h7,9,11-16,22,24,28-31,40H,1,3,8,10,17-21,23H2,2,4-6H3/t24-,28-,29+,30-,31?,35-,36?/m0/s1. The van der Waals surface area contributed by atoms with Gasteiger partial charge in [-0.05, 0) is 55.0 Å². The minimum Gasteiger partial charge on any atom is -0.394 e. The number of rotatable bonds is 13. The quantitative estimate of drug-likeness (QED) is 0.293. The molecular weight excluding hydrogens is 570 g/mol. The molecule has 8 heteroatoms. The van der Waals surface area contributed by atoms with Crippen molar-refractivity contribution in [1.82, 2.24) is 9.80 Å². The molecule has 2 bridgehead atoms. The van der Waals surface area contributed by atoms with Gasteiger partial charge in [-0.25, -0.2) is 0 Å². The van der Waals surface area contributed by atoms with Crippen molar-refractivity contribution in [2.75, 3.05) is 31.1 Å². The summed E-state index contributed by atoms with van der Waals surface area (Å²) in [6, 6.07) is 12.6. The van der Waals surface area contributed by atoms with Crippen LogP contribution in [0.1, 0.15) is 53.4 Å². The lowest BCUT2D eigenvalue weighted by atomic mass is 9.66. The topological polar surface area (TPSA) is 81.2 Å². The minimum atomic E-state index is -0.818. The van der Waals surface area contributed by atoms with Gasteiger partial charge >= 0.3 is 0 Å². The highest BCUT2D eigenvalue weighted by Crippen LogP contribution is 2.72. The zero-order valence-electron chi connectivity index (χ0n) is 26.6. The zero-order chi connectivity index (χ0) is 31.8. The van der Waals surface area contributed by atoms with E-state index < -0.39 is 33.4 Å². The Kier molecular flexibility index (Phi) is 9.34. The van der Waals surface area contributed by atoms with Crippen LogP contribution in [-0.4, -0.2) is 80.4 Å². The van der Waals surface area contributed by atoms with Crippen molar-refractivity contribution in [2.45, 2.75) is 75.0 Å². The molecule has 1 N–H and O–H groups in total. The van der Waals surface area contributed by atoms with Gasteiger partial charge in [0.15, 0.2) is 0 Å². The first-order chi connectivity index (χ1) is 21.1. The Hall–Kier alpha value is -3.10. The number of carbonyl (C=O) groups excluding carboxylic acids is 3. The third kappa shape index (κ3) is 5.08. The fourth-order valence-electron chi connectivity index (χ4n) is 8.05. The Labute approximate surface area is 266 Å². The van der Waals surface area contributed by atoms with E-state index in [2.05, 4.69) is 20.1 Å². The molecule has 44 heavy (non-hydrogen) atoms. The molecule has 3 amide bonds. The second kappa shape index (κ2) is 12.7. The van der Waals surface area contributed by atoms with Crippen molar-refractivity contribution in [1.29, 1.82) is 0 Å². The number of likely N-dealkylation sites (tertiary alicyclic amines) is 1. The molecule has 3 fully saturated rings. The summed E-state index contributed by atoms with van der Waals surface area (Å²) in [6.45, 7) is 17.1. The van der Waals surface area contributed by atoms with E-state index in [4.69, 9.17) is 0 Å². The van der Waals surface area contributed by atoms with Crippen LogP contribution in [-0.2, 0) is 14.4 Å². The van der Waals surface area contributed by atoms with Gasteiger partial charge in [-0.1, -0.05) is 69.7 Å². The van der Waals surface area contributed by atoms with E-state index in [0.29, 0.717) is 19.5 Å². The molecule has 2 aromatic rings. The summed E-state index contributed by atoms with van der Waals surface area (Å²) in [5, 5.41) is 12.8. The van der Waals surface area contributed by atoms with Gasteiger partial charge in [-0.2, -0.15) is 0 Å². The molecular formula is C36H47N3O4S. The fraction of sp³-hybridized carbons (Fsp3) is 0.528. The van der Waals surface area contributed by atoms with E-state index in [9.17, 15) is 14.7 Å². The van der Waals surface area contributed by atoms with Crippen molar-refractivity contribution < 1.29 is 19.5 Å². The maximum atomic E-state index is 15.1. The number of aliphatic hydroxyl groups is 1. The van der Waals surface area contributed by atoms with Gasteiger partial charge in [0.2, 0.25) is 11.8 Å². The first kappa shape index (κ1) is 32.3. The number of anilines is 1. The molecule has 2 aromatic carbocycles. The van der Waals surface area contributed by atoms with Crippen LogP contribution in [0.25, 0.3) is 10.8 Å². The number of fused-ring (bicyclic) bond motifs is 2. The zero-order valence-corrected chi connectivity index (χ0v) is 27.4. The molecule has 236 valence electrons. The van der Waals surface area contributed by atoms with E-state index in [1.165, 1.54) is 0 Å². The monoisotopic (exact) mass is 617 g/mol. The molecule has 0 radical (unpaired) electrons. The molecule has 5 rings (SSSR count). The van der Waals surface area contributed by atoms with Crippen molar-refractivity contribution in [3.8, 4) is 0 Å². The molecule has 3 heterocycles. The number of hydrogen-bond acceptors (Lipinski definition) is 5. The molecule has 0 saturated carbocycles. The van der Waals surface area contributed by atoms with Crippen LogP contribution in [0, 0.1) is 17.8 Å². The minimum absolute atomic E-state index is 0.0312. The summed E-state index contributed by atoms with van der Waals surface area (Å²) >= 11 is 1.68. The Morgan fingerprint density at radius 1 is 1.09 bits per heavy atom. The predicted octanol–water partition coefficient (Wildman–Crippen LogP) is 5.67. The number of aliphatic hydroxyl groups excluding tert-OH is 1. The molecule has 7 atom stereocenters. The van der Waals surface area contributed by atoms with Crippen molar-refractivity contribution >= 4 is 45.9 Å². The maximum absolute atomic E-state index is 15.1. The number of thioether (sulfide) groups is 1. The SMILES string of the molecule is C=CCN(CCC)C(=O)[C@H]1[C@H]2C(=O)N([C@@H](CO)[C@@H](C)CC)C(C(=O)N(CC=C)c3ccc4ccccc4c3)C23CC[C@]1(C)S3. The third-order valence-corrected chi connectivity index (χ3v) is 12.3. The molecule has 3 saturated heterocycles.